The number of hydrogen-bond donors (Lipinski definition) is 2. The van der Waals surface area contributed by atoms with Gasteiger partial charge in [-0.05, 0) is 30.8 Å². The summed E-state index contributed by atoms with van der Waals surface area (Å²) in [5.74, 6) is 0. The quantitative estimate of drug-likeness (QED) is 0.880. The molecule has 0 bridgehead atoms. The molecule has 1 aliphatic heterocycles. The highest BCUT2D eigenvalue weighted by Crippen LogP contribution is 2.16. The van der Waals surface area contributed by atoms with Crippen LogP contribution >= 0.6 is 11.3 Å². The third kappa shape index (κ3) is 3.65. The van der Waals surface area contributed by atoms with Crippen molar-refractivity contribution in [3.63, 3.8) is 0 Å². The van der Waals surface area contributed by atoms with E-state index in [-0.39, 0.29) is 0 Å². The molecular weight excluding hydrogens is 256 g/mol. The van der Waals surface area contributed by atoms with Crippen molar-refractivity contribution >= 4 is 11.3 Å². The van der Waals surface area contributed by atoms with Gasteiger partial charge >= 0.3 is 0 Å². The van der Waals surface area contributed by atoms with E-state index in [1.807, 2.05) is 17.5 Å². The number of hydrogen-bond acceptors (Lipinski definition) is 4. The molecule has 1 saturated heterocycles. The fourth-order valence-electron chi connectivity index (χ4n) is 2.62. The minimum absolute atomic E-state index is 0.594. The second kappa shape index (κ2) is 6.32. The highest BCUT2D eigenvalue weighted by molar-refractivity contribution is 7.09. The van der Waals surface area contributed by atoms with E-state index in [0.29, 0.717) is 6.04 Å². The highest BCUT2D eigenvalue weighted by Gasteiger charge is 2.19. The number of nitrogens with zero attached hydrogens (tertiary/aromatic N) is 2. The second-order valence-electron chi connectivity index (χ2n) is 5.11. The predicted molar refractivity (Wildman–Crippen MR) is 78.0 cm³/mol. The van der Waals surface area contributed by atoms with Crippen LogP contribution in [0.5, 0.6) is 0 Å². The van der Waals surface area contributed by atoms with Crippen LogP contribution in [0.2, 0.25) is 0 Å². The number of rotatable bonds is 5. The topological polar surface area (TPSA) is 44.0 Å². The van der Waals surface area contributed by atoms with E-state index >= 15 is 0 Å². The first-order valence-electron chi connectivity index (χ1n) is 6.85. The van der Waals surface area contributed by atoms with Crippen molar-refractivity contribution < 1.29 is 0 Å². The smallest absolute Gasteiger partial charge is 0.0922 e. The van der Waals surface area contributed by atoms with Gasteiger partial charge < -0.3 is 10.3 Å². The van der Waals surface area contributed by atoms with Crippen LogP contribution in [-0.2, 0) is 13.1 Å². The number of thiophene rings is 1. The third-order valence-electron chi connectivity index (χ3n) is 3.60. The van der Waals surface area contributed by atoms with Crippen molar-refractivity contribution in [1.82, 2.24) is 20.2 Å². The van der Waals surface area contributed by atoms with Crippen LogP contribution in [-0.4, -0.2) is 34.0 Å². The largest absolute Gasteiger partial charge is 0.347 e. The van der Waals surface area contributed by atoms with Gasteiger partial charge in [0.1, 0.15) is 0 Å². The SMILES string of the molecule is c1csc(CN2CCCC(NCc3cnc[nH]3)C2)c1. The summed E-state index contributed by atoms with van der Waals surface area (Å²) in [7, 11) is 0. The van der Waals surface area contributed by atoms with Gasteiger partial charge in [-0.2, -0.15) is 0 Å². The summed E-state index contributed by atoms with van der Waals surface area (Å²) in [6, 6.07) is 4.96. The Kier molecular flexibility index (Phi) is 4.27. The zero-order valence-corrected chi connectivity index (χ0v) is 11.8. The summed E-state index contributed by atoms with van der Waals surface area (Å²) in [5.41, 5.74) is 1.16. The van der Waals surface area contributed by atoms with E-state index in [2.05, 4.69) is 37.7 Å². The van der Waals surface area contributed by atoms with Crippen LogP contribution in [0.4, 0.5) is 0 Å². The Hall–Kier alpha value is -1.17. The highest BCUT2D eigenvalue weighted by atomic mass is 32.1. The van der Waals surface area contributed by atoms with E-state index in [1.54, 1.807) is 6.33 Å². The van der Waals surface area contributed by atoms with E-state index in [4.69, 9.17) is 0 Å². The van der Waals surface area contributed by atoms with Gasteiger partial charge in [-0.25, -0.2) is 4.98 Å². The van der Waals surface area contributed by atoms with Crippen molar-refractivity contribution in [2.75, 3.05) is 13.1 Å². The standard InChI is InChI=1S/C14H20N4S/c1-3-12(16-8-13-7-15-11-17-13)9-18(5-1)10-14-4-2-6-19-14/h2,4,6-7,11-12,16H,1,3,5,8-10H2,(H,15,17). The van der Waals surface area contributed by atoms with Crippen molar-refractivity contribution in [2.45, 2.75) is 32.0 Å². The lowest BCUT2D eigenvalue weighted by Gasteiger charge is -2.32. The van der Waals surface area contributed by atoms with Gasteiger partial charge in [-0.3, -0.25) is 4.90 Å². The molecule has 19 heavy (non-hydrogen) atoms. The Labute approximate surface area is 117 Å². The maximum Gasteiger partial charge on any atom is 0.0922 e. The number of aromatic nitrogens is 2. The summed E-state index contributed by atoms with van der Waals surface area (Å²) in [6.45, 7) is 4.35. The molecule has 2 N–H and O–H groups in total. The summed E-state index contributed by atoms with van der Waals surface area (Å²) < 4.78 is 0. The van der Waals surface area contributed by atoms with Crippen molar-refractivity contribution in [2.24, 2.45) is 0 Å². The molecule has 2 aromatic rings. The molecule has 0 aromatic carbocycles. The van der Waals surface area contributed by atoms with Crippen LogP contribution in [0.1, 0.15) is 23.4 Å². The molecule has 0 amide bonds. The molecule has 0 spiro atoms. The molecular formula is C14H20N4S. The number of aromatic amines is 1. The maximum atomic E-state index is 4.05. The molecule has 0 saturated carbocycles. The van der Waals surface area contributed by atoms with Gasteiger partial charge in [0.2, 0.25) is 0 Å². The Morgan fingerprint density at radius 3 is 3.32 bits per heavy atom. The van der Waals surface area contributed by atoms with Crippen molar-refractivity contribution in [3.05, 3.63) is 40.6 Å². The summed E-state index contributed by atoms with van der Waals surface area (Å²) >= 11 is 1.85. The van der Waals surface area contributed by atoms with Crippen LogP contribution in [0, 0.1) is 0 Å². The Bertz CT molecular complexity index is 466. The molecule has 102 valence electrons. The number of likely N-dealkylation sites (tertiary alicyclic amines) is 1. The minimum atomic E-state index is 0.594. The van der Waals surface area contributed by atoms with Gasteiger partial charge in [-0.1, -0.05) is 6.07 Å². The zero-order chi connectivity index (χ0) is 12.9. The fraction of sp³-hybridized carbons (Fsp3) is 0.500. The van der Waals surface area contributed by atoms with E-state index in [0.717, 1.165) is 25.3 Å². The van der Waals surface area contributed by atoms with Crippen LogP contribution < -0.4 is 5.32 Å². The molecule has 3 rings (SSSR count). The van der Waals surface area contributed by atoms with Crippen molar-refractivity contribution in [1.29, 1.82) is 0 Å². The first-order valence-corrected chi connectivity index (χ1v) is 7.73. The van der Waals surface area contributed by atoms with Gasteiger partial charge in [0.25, 0.3) is 0 Å². The van der Waals surface area contributed by atoms with Gasteiger partial charge in [0.15, 0.2) is 0 Å². The molecule has 1 fully saturated rings. The monoisotopic (exact) mass is 276 g/mol. The van der Waals surface area contributed by atoms with Crippen molar-refractivity contribution in [3.8, 4) is 0 Å². The van der Waals surface area contributed by atoms with E-state index in [1.165, 1.54) is 24.3 Å². The van der Waals surface area contributed by atoms with Crippen LogP contribution in [0.15, 0.2) is 30.0 Å². The number of piperidine rings is 1. The van der Waals surface area contributed by atoms with Crippen LogP contribution in [0.3, 0.4) is 0 Å². The Balaban J connectivity index is 1.47. The molecule has 1 atom stereocenters. The molecule has 1 unspecified atom stereocenters. The lowest BCUT2D eigenvalue weighted by Crippen LogP contribution is -2.44. The molecule has 0 radical (unpaired) electrons. The van der Waals surface area contributed by atoms with Gasteiger partial charge in [0, 0.05) is 42.4 Å². The molecule has 3 heterocycles. The fourth-order valence-corrected chi connectivity index (χ4v) is 3.37. The average Bonchev–Trinajstić information content (AvgIpc) is 3.10. The Morgan fingerprint density at radius 2 is 2.53 bits per heavy atom. The lowest BCUT2D eigenvalue weighted by atomic mass is 10.1. The predicted octanol–water partition coefficient (Wildman–Crippen LogP) is 2.23. The molecule has 0 aliphatic carbocycles. The number of imidazole rings is 1. The summed E-state index contributed by atoms with van der Waals surface area (Å²) in [6.07, 6.45) is 6.18. The number of H-pyrrole nitrogens is 1. The maximum absolute atomic E-state index is 4.05. The molecule has 5 heteroatoms. The second-order valence-corrected chi connectivity index (χ2v) is 6.14. The zero-order valence-electron chi connectivity index (χ0n) is 11.0. The molecule has 4 nitrogen and oxygen atoms in total. The Morgan fingerprint density at radius 1 is 1.53 bits per heavy atom. The molecule has 2 aromatic heterocycles. The normalized spacial score (nSPS) is 20.7. The van der Waals surface area contributed by atoms with E-state index in [9.17, 15) is 0 Å². The van der Waals surface area contributed by atoms with Crippen LogP contribution in [0.25, 0.3) is 0 Å². The minimum Gasteiger partial charge on any atom is -0.347 e. The first kappa shape index (κ1) is 12.8. The van der Waals surface area contributed by atoms with Gasteiger partial charge in [0.05, 0.1) is 6.33 Å². The average molecular weight is 276 g/mol. The first-order chi connectivity index (χ1) is 9.40. The third-order valence-corrected chi connectivity index (χ3v) is 4.46. The molecule has 1 aliphatic rings. The lowest BCUT2D eigenvalue weighted by molar-refractivity contribution is 0.184. The van der Waals surface area contributed by atoms with E-state index < -0.39 is 0 Å². The van der Waals surface area contributed by atoms with Gasteiger partial charge in [-0.15, -0.1) is 11.3 Å². The summed E-state index contributed by atoms with van der Waals surface area (Å²) in [5, 5.41) is 5.78. The number of nitrogens with one attached hydrogen (secondary N) is 2. The summed E-state index contributed by atoms with van der Waals surface area (Å²) in [4.78, 5) is 11.2.